The molecule has 0 amide bonds. The van der Waals surface area contributed by atoms with Crippen molar-refractivity contribution in [3.05, 3.63) is 45.0 Å². The van der Waals surface area contributed by atoms with Crippen LogP contribution in [-0.2, 0) is 0 Å². The van der Waals surface area contributed by atoms with Crippen molar-refractivity contribution < 1.29 is 4.73 Å². The third-order valence-corrected chi connectivity index (χ3v) is 1.52. The normalized spacial score (nSPS) is 9.64. The van der Waals surface area contributed by atoms with Crippen molar-refractivity contribution in [2.45, 2.75) is 13.8 Å². The van der Waals surface area contributed by atoms with Gasteiger partial charge in [-0.1, -0.05) is 0 Å². The lowest BCUT2D eigenvalue weighted by atomic mass is 10.3. The molecule has 0 atom stereocenters. The summed E-state index contributed by atoms with van der Waals surface area (Å²) in [4.78, 5) is 11.0. The summed E-state index contributed by atoms with van der Waals surface area (Å²) in [5, 5.41) is 10.9. The van der Waals surface area contributed by atoms with Gasteiger partial charge in [-0.2, -0.15) is 4.73 Å². The second kappa shape index (κ2) is 2.70. The maximum atomic E-state index is 11.0. The van der Waals surface area contributed by atoms with Crippen LogP contribution >= 0.6 is 0 Å². The van der Waals surface area contributed by atoms with E-state index in [9.17, 15) is 10.0 Å². The highest BCUT2D eigenvalue weighted by Gasteiger charge is 1.97. The van der Waals surface area contributed by atoms with E-state index < -0.39 is 0 Å². The third-order valence-electron chi connectivity index (χ3n) is 1.52. The Balaban J connectivity index is 3.54. The van der Waals surface area contributed by atoms with Gasteiger partial charge in [-0.3, -0.25) is 4.79 Å². The Bertz CT molecular complexity index is 333. The minimum Gasteiger partial charge on any atom is -0.619 e. The Labute approximate surface area is 64.5 Å². The summed E-state index contributed by atoms with van der Waals surface area (Å²) in [6.07, 6.45) is 1.23. The summed E-state index contributed by atoms with van der Waals surface area (Å²) >= 11 is 0. The topological polar surface area (TPSA) is 44.0 Å². The van der Waals surface area contributed by atoms with E-state index in [1.165, 1.54) is 12.3 Å². The van der Waals surface area contributed by atoms with Crippen LogP contribution in [0.5, 0.6) is 0 Å². The first kappa shape index (κ1) is 7.72. The van der Waals surface area contributed by atoms with Crippen LogP contribution < -0.4 is 10.2 Å². The maximum absolute atomic E-state index is 11.0. The molecule has 11 heavy (non-hydrogen) atoms. The van der Waals surface area contributed by atoms with Gasteiger partial charge in [0.1, 0.15) is 0 Å². The minimum atomic E-state index is -0.109. The van der Waals surface area contributed by atoms with Gasteiger partial charge in [0.15, 0.2) is 17.3 Å². The van der Waals surface area contributed by atoms with Crippen LogP contribution in [0.25, 0.3) is 0 Å². The summed E-state index contributed by atoms with van der Waals surface area (Å²) in [7, 11) is 0. The molecule has 58 valence electrons. The van der Waals surface area contributed by atoms with Gasteiger partial charge in [0.05, 0.1) is 6.07 Å². The van der Waals surface area contributed by atoms with E-state index in [2.05, 4.69) is 0 Å². The molecule has 1 rings (SSSR count). The minimum absolute atomic E-state index is 0.109. The highest BCUT2D eigenvalue weighted by molar-refractivity contribution is 5.10. The highest BCUT2D eigenvalue weighted by Crippen LogP contribution is 1.88. The summed E-state index contributed by atoms with van der Waals surface area (Å²) in [5.74, 6) is 0. The summed E-state index contributed by atoms with van der Waals surface area (Å²) in [6, 6.07) is 2.85. The first-order valence-corrected chi connectivity index (χ1v) is 3.32. The number of aromatic nitrogens is 1. The first-order chi connectivity index (χ1) is 5.11. The van der Waals surface area contributed by atoms with Gasteiger partial charge in [0, 0.05) is 18.6 Å². The van der Waals surface area contributed by atoms with Crippen LogP contribution in [0.3, 0.4) is 0 Å². The molecule has 3 heteroatoms. The Morgan fingerprint density at radius 3 is 2.73 bits per heavy atom. The van der Waals surface area contributed by atoms with Crippen LogP contribution in [-0.4, -0.2) is 0 Å². The molecule has 0 bridgehead atoms. The Kier molecular flexibility index (Phi) is 1.89. The zero-order valence-electron chi connectivity index (χ0n) is 6.50. The van der Waals surface area contributed by atoms with Crippen LogP contribution in [0.15, 0.2) is 23.1 Å². The monoisotopic (exact) mass is 151 g/mol. The number of hydrogen-bond donors (Lipinski definition) is 0. The predicted octanol–water partition coefficient (Wildman–Crippen LogP) is 0.297. The van der Waals surface area contributed by atoms with E-state index in [0.717, 1.165) is 0 Å². The number of nitrogens with zero attached hydrogens (tertiary/aromatic N) is 1. The van der Waals surface area contributed by atoms with Crippen molar-refractivity contribution in [3.8, 4) is 0 Å². The van der Waals surface area contributed by atoms with Crippen molar-refractivity contribution in [2.75, 3.05) is 0 Å². The predicted molar refractivity (Wildman–Crippen MR) is 41.1 cm³/mol. The molecular formula is C8H9NO2. The third kappa shape index (κ3) is 1.55. The summed E-state index contributed by atoms with van der Waals surface area (Å²) in [5.41, 5.74) is 1.02. The fourth-order valence-corrected chi connectivity index (χ4v) is 0.832. The van der Waals surface area contributed by atoms with Crippen molar-refractivity contribution in [2.24, 2.45) is 0 Å². The van der Waals surface area contributed by atoms with Gasteiger partial charge < -0.3 is 5.21 Å². The molecule has 0 aliphatic rings. The molecule has 1 aromatic heterocycles. The van der Waals surface area contributed by atoms with E-state index in [1.807, 2.05) is 0 Å². The lowest BCUT2D eigenvalue weighted by Crippen LogP contribution is -2.27. The molecule has 0 spiro atoms. The van der Waals surface area contributed by atoms with E-state index in [1.54, 1.807) is 19.9 Å². The largest absolute Gasteiger partial charge is 0.619 e. The Hall–Kier alpha value is -1.38. The molecule has 0 fully saturated rings. The van der Waals surface area contributed by atoms with Crippen molar-refractivity contribution in [1.82, 2.24) is 0 Å². The zero-order valence-corrected chi connectivity index (χ0v) is 6.50. The first-order valence-electron chi connectivity index (χ1n) is 3.32. The number of hydrogen-bond acceptors (Lipinski definition) is 2. The van der Waals surface area contributed by atoms with E-state index in [0.29, 0.717) is 16.0 Å². The van der Waals surface area contributed by atoms with E-state index in [4.69, 9.17) is 0 Å². The molecule has 0 aliphatic heterocycles. The van der Waals surface area contributed by atoms with Crippen LogP contribution in [0, 0.1) is 19.1 Å². The SMILES string of the molecule is Cc1cc(C)[n+]([O-])ccc1=O. The molecule has 0 aliphatic carbocycles. The number of rotatable bonds is 0. The lowest BCUT2D eigenvalue weighted by Gasteiger charge is -1.92. The van der Waals surface area contributed by atoms with E-state index in [-0.39, 0.29) is 5.43 Å². The molecule has 1 heterocycles. The molecule has 0 unspecified atom stereocenters. The number of aryl methyl sites for hydroxylation is 2. The molecular weight excluding hydrogens is 142 g/mol. The molecule has 0 saturated carbocycles. The summed E-state index contributed by atoms with van der Waals surface area (Å²) < 4.78 is 0.675. The molecule has 3 nitrogen and oxygen atoms in total. The van der Waals surface area contributed by atoms with Gasteiger partial charge in [0.2, 0.25) is 0 Å². The second-order valence-corrected chi connectivity index (χ2v) is 2.47. The van der Waals surface area contributed by atoms with Crippen LogP contribution in [0.1, 0.15) is 11.3 Å². The van der Waals surface area contributed by atoms with Gasteiger partial charge >= 0.3 is 0 Å². The maximum Gasteiger partial charge on any atom is 0.190 e. The molecule has 0 saturated heterocycles. The molecule has 1 aromatic rings. The van der Waals surface area contributed by atoms with Gasteiger partial charge in [-0.25, -0.2) is 0 Å². The van der Waals surface area contributed by atoms with Gasteiger partial charge in [-0.15, -0.1) is 0 Å². The average Bonchev–Trinajstić information content (AvgIpc) is 2.05. The van der Waals surface area contributed by atoms with E-state index >= 15 is 0 Å². The van der Waals surface area contributed by atoms with Crippen molar-refractivity contribution in [3.63, 3.8) is 0 Å². The van der Waals surface area contributed by atoms with Gasteiger partial charge in [0.25, 0.3) is 0 Å². The molecule has 0 N–H and O–H groups in total. The quantitative estimate of drug-likeness (QED) is 0.395. The summed E-state index contributed by atoms with van der Waals surface area (Å²) in [6.45, 7) is 3.36. The fraction of sp³-hybridized carbons (Fsp3) is 0.250. The molecule has 0 aromatic carbocycles. The highest BCUT2D eigenvalue weighted by atomic mass is 16.5. The standard InChI is InChI=1S/C8H9NO2/c1-6-5-7(2)9(11)4-3-8(6)10/h3-5H,1-2H3. The second-order valence-electron chi connectivity index (χ2n) is 2.47. The van der Waals surface area contributed by atoms with Crippen molar-refractivity contribution >= 4 is 0 Å². The zero-order chi connectivity index (χ0) is 8.43. The molecule has 0 radical (unpaired) electrons. The van der Waals surface area contributed by atoms with Gasteiger partial charge in [-0.05, 0) is 6.92 Å². The Morgan fingerprint density at radius 1 is 1.45 bits per heavy atom. The van der Waals surface area contributed by atoms with Crippen LogP contribution in [0.4, 0.5) is 0 Å². The lowest BCUT2D eigenvalue weighted by molar-refractivity contribution is -0.611. The van der Waals surface area contributed by atoms with Crippen LogP contribution in [0.2, 0.25) is 0 Å². The van der Waals surface area contributed by atoms with Crippen molar-refractivity contribution in [1.29, 1.82) is 0 Å². The smallest absolute Gasteiger partial charge is 0.190 e. The Morgan fingerprint density at radius 2 is 2.09 bits per heavy atom. The fourth-order valence-electron chi connectivity index (χ4n) is 0.832. The average molecular weight is 151 g/mol.